The molecule has 8 heteroatoms. The molecule has 0 saturated carbocycles. The van der Waals surface area contributed by atoms with Gasteiger partial charge < -0.3 is 14.3 Å². The van der Waals surface area contributed by atoms with Gasteiger partial charge in [0.2, 0.25) is 0 Å². The molecule has 0 fully saturated rings. The minimum Gasteiger partial charge on any atom is -0.406 e. The van der Waals surface area contributed by atoms with Gasteiger partial charge in [0, 0.05) is 11.3 Å². The number of ether oxygens (including phenoxy) is 1. The molecule has 0 amide bonds. The van der Waals surface area contributed by atoms with Gasteiger partial charge >= 0.3 is 0 Å². The standard InChI is InChI=1S/C33H55NO5SSi/c1-21-14-13-15-22(2)29(36)24(4)30(37)33(9,10)31(39-41(11,12)32(6,7)8)27(35)19-38-28(17-16-21)23(3)18-26-20-40-25(5)34-26/h16,18,20,22,24,28-29,31,36H,13-15,17,19H2,1-12H3/b21-16+,23-18+. The number of carbonyl (C=O) groups excluding carboxylic acids is 2. The first-order valence-corrected chi connectivity index (χ1v) is 18.9. The molecule has 2 heterocycles. The molecule has 232 valence electrons. The summed E-state index contributed by atoms with van der Waals surface area (Å²) in [6.07, 6.45) is 5.45. The predicted molar refractivity (Wildman–Crippen MR) is 173 cm³/mol. The second-order valence-electron chi connectivity index (χ2n) is 14.2. The molecule has 5 atom stereocenters. The predicted octanol–water partition coefficient (Wildman–Crippen LogP) is 7.95. The molecule has 1 aliphatic heterocycles. The Bertz CT molecular complexity index is 1110. The van der Waals surface area contributed by atoms with Crippen LogP contribution in [0.2, 0.25) is 18.1 Å². The van der Waals surface area contributed by atoms with Crippen LogP contribution >= 0.6 is 11.3 Å². The lowest BCUT2D eigenvalue weighted by Crippen LogP contribution is -2.55. The van der Waals surface area contributed by atoms with Crippen molar-refractivity contribution in [1.29, 1.82) is 0 Å². The smallest absolute Gasteiger partial charge is 0.193 e. The van der Waals surface area contributed by atoms with Crippen molar-refractivity contribution in [1.82, 2.24) is 4.98 Å². The van der Waals surface area contributed by atoms with E-state index in [4.69, 9.17) is 9.16 Å². The van der Waals surface area contributed by atoms with Crippen LogP contribution in [0.3, 0.4) is 0 Å². The first-order valence-electron chi connectivity index (χ1n) is 15.1. The van der Waals surface area contributed by atoms with Crippen LogP contribution in [0.1, 0.15) is 98.7 Å². The summed E-state index contributed by atoms with van der Waals surface area (Å²) in [5.41, 5.74) is 2.00. The average Bonchev–Trinajstić information content (AvgIpc) is 3.28. The van der Waals surface area contributed by atoms with E-state index in [9.17, 15) is 14.7 Å². The van der Waals surface area contributed by atoms with Gasteiger partial charge in [0.25, 0.3) is 0 Å². The molecule has 0 radical (unpaired) electrons. The zero-order chi connectivity index (χ0) is 31.3. The van der Waals surface area contributed by atoms with Gasteiger partial charge in [-0.25, -0.2) is 4.98 Å². The van der Waals surface area contributed by atoms with Crippen molar-refractivity contribution in [2.24, 2.45) is 17.3 Å². The highest BCUT2D eigenvalue weighted by molar-refractivity contribution is 7.09. The molecule has 5 unspecified atom stereocenters. The van der Waals surface area contributed by atoms with Gasteiger partial charge in [-0.1, -0.05) is 46.3 Å². The molecule has 0 spiro atoms. The molecule has 0 aromatic carbocycles. The molecule has 1 aromatic heterocycles. The minimum absolute atomic E-state index is 0.0382. The third-order valence-electron chi connectivity index (χ3n) is 9.17. The van der Waals surface area contributed by atoms with E-state index < -0.39 is 31.9 Å². The number of nitrogens with zero attached hydrogens (tertiary/aromatic N) is 1. The van der Waals surface area contributed by atoms with E-state index in [1.165, 1.54) is 5.57 Å². The van der Waals surface area contributed by atoms with E-state index in [1.807, 2.05) is 32.2 Å². The average molecular weight is 606 g/mol. The lowest BCUT2D eigenvalue weighted by Gasteiger charge is -2.44. The van der Waals surface area contributed by atoms with E-state index in [0.717, 1.165) is 35.5 Å². The van der Waals surface area contributed by atoms with Gasteiger partial charge in [0.15, 0.2) is 14.1 Å². The van der Waals surface area contributed by atoms with E-state index in [0.29, 0.717) is 6.42 Å². The summed E-state index contributed by atoms with van der Waals surface area (Å²) in [5, 5.41) is 14.0. The Kier molecular flexibility index (Phi) is 12.5. The minimum atomic E-state index is -2.44. The van der Waals surface area contributed by atoms with Crippen LogP contribution in [0, 0.1) is 24.2 Å². The van der Waals surface area contributed by atoms with Crippen molar-refractivity contribution < 1.29 is 23.9 Å². The van der Waals surface area contributed by atoms with Crippen LogP contribution in [0.25, 0.3) is 6.08 Å². The van der Waals surface area contributed by atoms with E-state index in [-0.39, 0.29) is 35.2 Å². The number of rotatable bonds is 4. The SMILES string of the molecule is C/C1=C\CC(/C(C)=C/c2csc(C)n2)OCC(=O)C(O[Si](C)(C)C(C)(C)C)C(C)(C)C(=O)C(C)C(O)C(C)CCC1. The van der Waals surface area contributed by atoms with Crippen molar-refractivity contribution >= 4 is 37.3 Å². The highest BCUT2D eigenvalue weighted by Crippen LogP contribution is 2.41. The quantitative estimate of drug-likeness (QED) is 0.277. The third kappa shape index (κ3) is 9.52. The summed E-state index contributed by atoms with van der Waals surface area (Å²) < 4.78 is 13.1. The van der Waals surface area contributed by atoms with Crippen LogP contribution in [-0.2, 0) is 18.8 Å². The maximum absolute atomic E-state index is 14.0. The topological polar surface area (TPSA) is 85.7 Å². The maximum Gasteiger partial charge on any atom is 0.193 e. The van der Waals surface area contributed by atoms with Crippen molar-refractivity contribution in [2.75, 3.05) is 6.61 Å². The zero-order valence-electron chi connectivity index (χ0n) is 27.6. The summed E-state index contributed by atoms with van der Waals surface area (Å²) in [5.74, 6) is -1.05. The number of aliphatic hydroxyl groups is 1. The monoisotopic (exact) mass is 605 g/mol. The summed E-state index contributed by atoms with van der Waals surface area (Å²) in [6.45, 7) is 23.9. The van der Waals surface area contributed by atoms with Crippen molar-refractivity contribution in [3.8, 4) is 0 Å². The number of thiazole rings is 1. The molecule has 6 nitrogen and oxygen atoms in total. The van der Waals surface area contributed by atoms with Gasteiger partial charge in [0.1, 0.15) is 18.5 Å². The maximum atomic E-state index is 14.0. The summed E-state index contributed by atoms with van der Waals surface area (Å²) in [4.78, 5) is 32.6. The van der Waals surface area contributed by atoms with Gasteiger partial charge in [-0.05, 0) is 96.0 Å². The number of aromatic nitrogens is 1. The molecule has 1 aliphatic rings. The number of aryl methyl sites for hydroxylation is 1. The highest BCUT2D eigenvalue weighted by Gasteiger charge is 2.50. The summed E-state index contributed by atoms with van der Waals surface area (Å²) >= 11 is 1.60. The van der Waals surface area contributed by atoms with E-state index >= 15 is 0 Å². The second-order valence-corrected chi connectivity index (χ2v) is 20.0. The van der Waals surface area contributed by atoms with Crippen LogP contribution in [-0.4, -0.2) is 54.9 Å². The van der Waals surface area contributed by atoms with E-state index in [1.54, 1.807) is 32.1 Å². The lowest BCUT2D eigenvalue weighted by molar-refractivity contribution is -0.150. The number of hydrogen-bond donors (Lipinski definition) is 1. The summed E-state index contributed by atoms with van der Waals surface area (Å²) in [6, 6.07) is 0. The van der Waals surface area contributed by atoms with Crippen molar-refractivity contribution in [2.45, 2.75) is 131 Å². The third-order valence-corrected chi connectivity index (χ3v) is 14.4. The molecule has 0 bridgehead atoms. The van der Waals surface area contributed by atoms with Crippen molar-refractivity contribution in [3.05, 3.63) is 33.3 Å². The molecular weight excluding hydrogens is 551 g/mol. The van der Waals surface area contributed by atoms with Gasteiger partial charge in [-0.2, -0.15) is 0 Å². The normalized spacial score (nSPS) is 29.7. The number of allylic oxidation sites excluding steroid dienone is 1. The molecule has 41 heavy (non-hydrogen) atoms. The zero-order valence-corrected chi connectivity index (χ0v) is 29.4. The fraction of sp³-hybridized carbons (Fsp3) is 0.727. The first kappa shape index (κ1) is 35.7. The van der Waals surface area contributed by atoms with Crippen LogP contribution < -0.4 is 0 Å². The lowest BCUT2D eigenvalue weighted by atomic mass is 9.72. The Labute approximate surface area is 254 Å². The molecule has 1 aromatic rings. The fourth-order valence-corrected chi connectivity index (χ4v) is 7.09. The first-order chi connectivity index (χ1) is 18.8. The number of Topliss-reactive ketones (excluding diaryl/α,β-unsaturated/α-hetero) is 2. The number of ketones is 2. The Morgan fingerprint density at radius 1 is 1.22 bits per heavy atom. The van der Waals surface area contributed by atoms with Gasteiger partial charge in [-0.15, -0.1) is 11.3 Å². The number of carbonyl (C=O) groups is 2. The highest BCUT2D eigenvalue weighted by atomic mass is 32.1. The second kappa shape index (κ2) is 14.3. The molecule has 0 saturated heterocycles. The molecule has 1 N–H and O–H groups in total. The number of hydrogen-bond acceptors (Lipinski definition) is 7. The largest absolute Gasteiger partial charge is 0.406 e. The van der Waals surface area contributed by atoms with Crippen LogP contribution in [0.15, 0.2) is 22.6 Å². The molecule has 0 aliphatic carbocycles. The summed E-state index contributed by atoms with van der Waals surface area (Å²) in [7, 11) is -2.44. The van der Waals surface area contributed by atoms with Crippen LogP contribution in [0.5, 0.6) is 0 Å². The Morgan fingerprint density at radius 2 is 1.85 bits per heavy atom. The van der Waals surface area contributed by atoms with Crippen LogP contribution in [0.4, 0.5) is 0 Å². The molecule has 2 rings (SSSR count). The van der Waals surface area contributed by atoms with Crippen molar-refractivity contribution in [3.63, 3.8) is 0 Å². The molecular formula is C33H55NO5SSi. The Hall–Kier alpha value is -1.45. The Morgan fingerprint density at radius 3 is 2.41 bits per heavy atom. The fourth-order valence-electron chi connectivity index (χ4n) is 5.15. The number of aliphatic hydroxyl groups excluding tert-OH is 1. The van der Waals surface area contributed by atoms with Gasteiger partial charge in [0.05, 0.1) is 28.3 Å². The Balaban J connectivity index is 2.54. The van der Waals surface area contributed by atoms with Gasteiger partial charge in [-0.3, -0.25) is 9.59 Å². The van der Waals surface area contributed by atoms with E-state index in [2.05, 4.69) is 51.8 Å².